The third kappa shape index (κ3) is 3.70. The Hall–Kier alpha value is -0.580. The number of rotatable bonds is 5. The van der Waals surface area contributed by atoms with Gasteiger partial charge in [0.25, 0.3) is 0 Å². The van der Waals surface area contributed by atoms with Crippen LogP contribution in [-0.2, 0) is 12.8 Å². The highest BCUT2D eigenvalue weighted by atomic mass is 35.5. The van der Waals surface area contributed by atoms with E-state index in [9.17, 15) is 0 Å². The van der Waals surface area contributed by atoms with Crippen molar-refractivity contribution in [2.75, 3.05) is 0 Å². The molecule has 0 bridgehead atoms. The fourth-order valence-corrected chi connectivity index (χ4v) is 2.92. The van der Waals surface area contributed by atoms with Crippen molar-refractivity contribution in [3.05, 3.63) is 56.2 Å². The van der Waals surface area contributed by atoms with Crippen LogP contribution in [0.25, 0.3) is 0 Å². The van der Waals surface area contributed by atoms with E-state index in [-0.39, 0.29) is 6.04 Å². The molecule has 2 rings (SSSR count). The molecule has 0 aliphatic rings. The van der Waals surface area contributed by atoms with E-state index in [0.29, 0.717) is 10.0 Å². The van der Waals surface area contributed by atoms with E-state index >= 15 is 0 Å². The average Bonchev–Trinajstić information content (AvgIpc) is 2.86. The van der Waals surface area contributed by atoms with Gasteiger partial charge in [-0.2, -0.15) is 0 Å². The molecule has 2 nitrogen and oxygen atoms in total. The summed E-state index contributed by atoms with van der Waals surface area (Å²) >= 11 is 13.6. The third-order valence-corrected chi connectivity index (χ3v) is 4.37. The molecule has 1 aromatic carbocycles. The predicted octanol–water partition coefficient (Wildman–Crippen LogP) is 3.67. The molecule has 2 aromatic rings. The van der Waals surface area contributed by atoms with Crippen molar-refractivity contribution in [3.8, 4) is 0 Å². The van der Waals surface area contributed by atoms with Crippen molar-refractivity contribution < 1.29 is 0 Å². The maximum absolute atomic E-state index is 6.00. The Kier molecular flexibility index (Phi) is 5.03. The first kappa shape index (κ1) is 13.8. The molecular formula is C13H14Cl2N2S. The van der Waals surface area contributed by atoms with Crippen LogP contribution in [0.15, 0.2) is 35.7 Å². The quantitative estimate of drug-likeness (QED) is 0.653. The van der Waals surface area contributed by atoms with Gasteiger partial charge in [-0.15, -0.1) is 11.3 Å². The largest absolute Gasteiger partial charge is 0.271 e. The van der Waals surface area contributed by atoms with Crippen LogP contribution in [0.3, 0.4) is 0 Å². The van der Waals surface area contributed by atoms with Crippen LogP contribution >= 0.6 is 34.5 Å². The van der Waals surface area contributed by atoms with Crippen LogP contribution in [0.4, 0.5) is 0 Å². The molecule has 1 unspecified atom stereocenters. The Morgan fingerprint density at radius 2 is 2.00 bits per heavy atom. The zero-order chi connectivity index (χ0) is 13.0. The summed E-state index contributed by atoms with van der Waals surface area (Å²) in [6.45, 7) is 0. The molecule has 3 N–H and O–H groups in total. The second-order valence-corrected chi connectivity index (χ2v) is 5.95. The summed E-state index contributed by atoms with van der Waals surface area (Å²) in [5.41, 5.74) is 3.98. The van der Waals surface area contributed by atoms with Crippen molar-refractivity contribution in [3.63, 3.8) is 0 Å². The van der Waals surface area contributed by atoms with Gasteiger partial charge >= 0.3 is 0 Å². The molecule has 0 saturated carbocycles. The van der Waals surface area contributed by atoms with Gasteiger partial charge in [-0.3, -0.25) is 11.3 Å². The Labute approximate surface area is 121 Å². The lowest BCUT2D eigenvalue weighted by molar-refractivity contribution is 0.526. The van der Waals surface area contributed by atoms with Crippen molar-refractivity contribution in [1.29, 1.82) is 0 Å². The standard InChI is InChI=1S/C13H14Cl2N2S/c14-12-4-3-9(7-13(12)15)6-10(17-16)8-11-2-1-5-18-11/h1-5,7,10,17H,6,8,16H2. The summed E-state index contributed by atoms with van der Waals surface area (Å²) in [7, 11) is 0. The highest BCUT2D eigenvalue weighted by molar-refractivity contribution is 7.09. The Morgan fingerprint density at radius 3 is 2.61 bits per heavy atom. The monoisotopic (exact) mass is 300 g/mol. The van der Waals surface area contributed by atoms with Crippen molar-refractivity contribution in [2.45, 2.75) is 18.9 Å². The molecule has 1 heterocycles. The maximum atomic E-state index is 6.00. The number of nitrogens with one attached hydrogen (secondary N) is 1. The number of benzene rings is 1. The number of hydrogen-bond donors (Lipinski definition) is 2. The first-order valence-corrected chi connectivity index (χ1v) is 7.25. The zero-order valence-electron chi connectivity index (χ0n) is 9.70. The van der Waals surface area contributed by atoms with Crippen LogP contribution in [0.2, 0.25) is 10.0 Å². The zero-order valence-corrected chi connectivity index (χ0v) is 12.0. The minimum absolute atomic E-state index is 0.195. The number of halogens is 2. The van der Waals surface area contributed by atoms with Crippen LogP contribution in [0.1, 0.15) is 10.4 Å². The Morgan fingerprint density at radius 1 is 1.17 bits per heavy atom. The second-order valence-electron chi connectivity index (χ2n) is 4.10. The summed E-state index contributed by atoms with van der Waals surface area (Å²) in [6, 6.07) is 10.0. The first-order chi connectivity index (χ1) is 8.69. The number of hydrogen-bond acceptors (Lipinski definition) is 3. The van der Waals surface area contributed by atoms with Crippen LogP contribution < -0.4 is 11.3 Å². The van der Waals surface area contributed by atoms with E-state index in [0.717, 1.165) is 18.4 Å². The molecule has 0 saturated heterocycles. The number of nitrogens with two attached hydrogens (primary N) is 1. The maximum Gasteiger partial charge on any atom is 0.0595 e. The van der Waals surface area contributed by atoms with E-state index in [1.807, 2.05) is 24.3 Å². The molecule has 5 heteroatoms. The molecule has 0 radical (unpaired) electrons. The lowest BCUT2D eigenvalue weighted by atomic mass is 10.0. The first-order valence-electron chi connectivity index (χ1n) is 5.61. The molecule has 0 amide bonds. The van der Waals surface area contributed by atoms with Crippen molar-refractivity contribution >= 4 is 34.5 Å². The highest BCUT2D eigenvalue weighted by Gasteiger charge is 2.10. The number of thiophene rings is 1. The third-order valence-electron chi connectivity index (χ3n) is 2.73. The molecule has 96 valence electrons. The molecule has 1 atom stereocenters. The highest BCUT2D eigenvalue weighted by Crippen LogP contribution is 2.23. The van der Waals surface area contributed by atoms with Gasteiger partial charge in [-0.05, 0) is 42.0 Å². The predicted molar refractivity (Wildman–Crippen MR) is 79.3 cm³/mol. The smallest absolute Gasteiger partial charge is 0.0595 e. The second kappa shape index (κ2) is 6.55. The van der Waals surface area contributed by atoms with Crippen LogP contribution in [0, 0.1) is 0 Å². The minimum atomic E-state index is 0.195. The van der Waals surface area contributed by atoms with E-state index in [2.05, 4.69) is 16.9 Å². The summed E-state index contributed by atoms with van der Waals surface area (Å²) in [6.07, 6.45) is 1.74. The van der Waals surface area contributed by atoms with Gasteiger partial charge in [0, 0.05) is 10.9 Å². The van der Waals surface area contributed by atoms with Gasteiger partial charge in [-0.25, -0.2) is 0 Å². The number of hydrazine groups is 1. The molecular weight excluding hydrogens is 287 g/mol. The van der Waals surface area contributed by atoms with E-state index in [4.69, 9.17) is 29.0 Å². The normalized spacial score (nSPS) is 12.6. The fourth-order valence-electron chi connectivity index (χ4n) is 1.81. The lowest BCUT2D eigenvalue weighted by Gasteiger charge is -2.15. The summed E-state index contributed by atoms with van der Waals surface area (Å²) < 4.78 is 0. The molecule has 18 heavy (non-hydrogen) atoms. The van der Waals surface area contributed by atoms with E-state index in [1.54, 1.807) is 11.3 Å². The Bertz CT molecular complexity index is 500. The minimum Gasteiger partial charge on any atom is -0.271 e. The van der Waals surface area contributed by atoms with Crippen LogP contribution in [0.5, 0.6) is 0 Å². The molecule has 0 spiro atoms. The molecule has 0 fully saturated rings. The van der Waals surface area contributed by atoms with Crippen molar-refractivity contribution in [2.24, 2.45) is 5.84 Å². The topological polar surface area (TPSA) is 38.0 Å². The molecule has 0 aliphatic carbocycles. The lowest BCUT2D eigenvalue weighted by Crippen LogP contribution is -2.38. The van der Waals surface area contributed by atoms with Gasteiger partial charge in [0.1, 0.15) is 0 Å². The summed E-state index contributed by atoms with van der Waals surface area (Å²) in [5, 5.41) is 3.24. The van der Waals surface area contributed by atoms with Gasteiger partial charge in [-0.1, -0.05) is 35.3 Å². The molecule has 1 aromatic heterocycles. The summed E-state index contributed by atoms with van der Waals surface area (Å²) in [4.78, 5) is 1.32. The molecule has 0 aliphatic heterocycles. The summed E-state index contributed by atoms with van der Waals surface area (Å²) in [5.74, 6) is 5.60. The van der Waals surface area contributed by atoms with Gasteiger partial charge < -0.3 is 0 Å². The average molecular weight is 301 g/mol. The fraction of sp³-hybridized carbons (Fsp3) is 0.231. The van der Waals surface area contributed by atoms with Gasteiger partial charge in [0.2, 0.25) is 0 Å². The van der Waals surface area contributed by atoms with Gasteiger partial charge in [0.05, 0.1) is 10.0 Å². The SMILES string of the molecule is NNC(Cc1ccc(Cl)c(Cl)c1)Cc1cccs1. The van der Waals surface area contributed by atoms with E-state index in [1.165, 1.54) is 4.88 Å². The van der Waals surface area contributed by atoms with Crippen molar-refractivity contribution in [1.82, 2.24) is 5.43 Å². The van der Waals surface area contributed by atoms with Crippen LogP contribution in [-0.4, -0.2) is 6.04 Å². The van der Waals surface area contributed by atoms with E-state index < -0.39 is 0 Å². The Balaban J connectivity index is 2.03. The van der Waals surface area contributed by atoms with Gasteiger partial charge in [0.15, 0.2) is 0 Å².